The molecule has 0 spiro atoms. The van der Waals surface area contributed by atoms with Crippen LogP contribution in [0.2, 0.25) is 0 Å². The Labute approximate surface area is 74.3 Å². The molecule has 0 aromatic heterocycles. The summed E-state index contributed by atoms with van der Waals surface area (Å²) in [5.74, 6) is 2.26. The van der Waals surface area contributed by atoms with Crippen molar-refractivity contribution in [1.82, 2.24) is 5.32 Å². The molecule has 0 radical (unpaired) electrons. The Kier molecular flexibility index (Phi) is 4.31. The quantitative estimate of drug-likeness (QED) is 0.701. The Bertz CT molecular complexity index is 106. The van der Waals surface area contributed by atoms with Crippen molar-refractivity contribution in [2.24, 2.45) is 5.92 Å². The molecule has 0 amide bonds. The fraction of sp³-hybridized carbons (Fsp3) is 1.00. The molecular weight excluding hydrogens is 154 g/mol. The lowest BCUT2D eigenvalue weighted by molar-refractivity contribution is 0.315. The number of piperidine rings is 1. The van der Waals surface area contributed by atoms with E-state index in [-0.39, 0.29) is 0 Å². The Balaban J connectivity index is 2.12. The van der Waals surface area contributed by atoms with Gasteiger partial charge in [-0.05, 0) is 43.7 Å². The molecule has 1 nitrogen and oxygen atoms in total. The van der Waals surface area contributed by atoms with Crippen molar-refractivity contribution in [1.29, 1.82) is 0 Å². The zero-order valence-electron chi connectivity index (χ0n) is 7.60. The minimum Gasteiger partial charge on any atom is -0.314 e. The highest BCUT2D eigenvalue weighted by molar-refractivity contribution is 7.98. The van der Waals surface area contributed by atoms with E-state index in [9.17, 15) is 0 Å². The van der Waals surface area contributed by atoms with E-state index >= 15 is 0 Å². The van der Waals surface area contributed by atoms with E-state index in [0.29, 0.717) is 0 Å². The van der Waals surface area contributed by atoms with Crippen LogP contribution in [0.5, 0.6) is 0 Å². The van der Waals surface area contributed by atoms with Crippen molar-refractivity contribution in [3.8, 4) is 0 Å². The van der Waals surface area contributed by atoms with Gasteiger partial charge in [0.15, 0.2) is 0 Å². The lowest BCUT2D eigenvalue weighted by atomic mass is 9.93. The van der Waals surface area contributed by atoms with E-state index in [1.807, 2.05) is 11.8 Å². The Hall–Kier alpha value is 0.310. The smallest absolute Gasteiger partial charge is 0.00774 e. The van der Waals surface area contributed by atoms with Gasteiger partial charge in [0.25, 0.3) is 0 Å². The van der Waals surface area contributed by atoms with E-state index in [0.717, 1.165) is 12.0 Å². The molecule has 1 aliphatic rings. The fourth-order valence-corrected chi connectivity index (χ4v) is 2.22. The standard InChI is InChI=1S/C9H19NS/c1-8-3-5-10-9(7-8)4-6-11-2/h8-10H,3-7H2,1-2H3. The highest BCUT2D eigenvalue weighted by atomic mass is 32.2. The summed E-state index contributed by atoms with van der Waals surface area (Å²) < 4.78 is 0. The second-order valence-electron chi connectivity index (χ2n) is 3.56. The van der Waals surface area contributed by atoms with Gasteiger partial charge in [0.2, 0.25) is 0 Å². The van der Waals surface area contributed by atoms with Gasteiger partial charge < -0.3 is 5.32 Å². The summed E-state index contributed by atoms with van der Waals surface area (Å²) in [5.41, 5.74) is 0. The molecule has 1 aliphatic heterocycles. The van der Waals surface area contributed by atoms with Crippen molar-refractivity contribution in [2.45, 2.75) is 32.2 Å². The molecule has 66 valence electrons. The largest absolute Gasteiger partial charge is 0.314 e. The van der Waals surface area contributed by atoms with E-state index in [4.69, 9.17) is 0 Å². The first-order valence-corrected chi connectivity index (χ1v) is 5.94. The van der Waals surface area contributed by atoms with Crippen LogP contribution >= 0.6 is 11.8 Å². The molecule has 0 aromatic carbocycles. The molecule has 0 bridgehead atoms. The fourth-order valence-electron chi connectivity index (χ4n) is 1.70. The lowest BCUT2D eigenvalue weighted by Gasteiger charge is -2.27. The van der Waals surface area contributed by atoms with Crippen LogP contribution in [-0.4, -0.2) is 24.6 Å². The van der Waals surface area contributed by atoms with Gasteiger partial charge in [-0.25, -0.2) is 0 Å². The maximum absolute atomic E-state index is 3.57. The summed E-state index contributed by atoms with van der Waals surface area (Å²) in [6.45, 7) is 3.60. The summed E-state index contributed by atoms with van der Waals surface area (Å²) >= 11 is 1.96. The van der Waals surface area contributed by atoms with Crippen molar-refractivity contribution < 1.29 is 0 Å². The molecule has 0 saturated carbocycles. The molecule has 1 rings (SSSR count). The number of hydrogen-bond acceptors (Lipinski definition) is 2. The Morgan fingerprint density at radius 2 is 2.36 bits per heavy atom. The zero-order chi connectivity index (χ0) is 8.10. The summed E-state index contributed by atoms with van der Waals surface area (Å²) in [6, 6.07) is 0.811. The van der Waals surface area contributed by atoms with Crippen LogP contribution in [0.1, 0.15) is 26.2 Å². The molecule has 2 heteroatoms. The van der Waals surface area contributed by atoms with Crippen molar-refractivity contribution in [2.75, 3.05) is 18.6 Å². The highest BCUT2D eigenvalue weighted by Gasteiger charge is 2.16. The third kappa shape index (κ3) is 3.48. The van der Waals surface area contributed by atoms with Crippen LogP contribution < -0.4 is 5.32 Å². The minimum absolute atomic E-state index is 0.811. The summed E-state index contributed by atoms with van der Waals surface area (Å²) in [7, 11) is 0. The van der Waals surface area contributed by atoms with Gasteiger partial charge in [-0.3, -0.25) is 0 Å². The molecule has 11 heavy (non-hydrogen) atoms. The summed E-state index contributed by atoms with van der Waals surface area (Å²) in [5, 5.41) is 3.57. The van der Waals surface area contributed by atoms with Crippen molar-refractivity contribution >= 4 is 11.8 Å². The first kappa shape index (κ1) is 9.40. The lowest BCUT2D eigenvalue weighted by Crippen LogP contribution is -2.37. The van der Waals surface area contributed by atoms with E-state index in [1.165, 1.54) is 31.6 Å². The Morgan fingerprint density at radius 1 is 1.55 bits per heavy atom. The zero-order valence-corrected chi connectivity index (χ0v) is 8.41. The van der Waals surface area contributed by atoms with Crippen LogP contribution in [0.4, 0.5) is 0 Å². The molecular formula is C9H19NS. The van der Waals surface area contributed by atoms with Crippen molar-refractivity contribution in [3.63, 3.8) is 0 Å². The third-order valence-electron chi connectivity index (χ3n) is 2.43. The average Bonchev–Trinajstić information content (AvgIpc) is 2.01. The minimum atomic E-state index is 0.811. The van der Waals surface area contributed by atoms with Gasteiger partial charge >= 0.3 is 0 Å². The third-order valence-corrected chi connectivity index (χ3v) is 3.07. The van der Waals surface area contributed by atoms with Crippen LogP contribution in [0.15, 0.2) is 0 Å². The maximum Gasteiger partial charge on any atom is 0.00774 e. The Morgan fingerprint density at radius 3 is 3.00 bits per heavy atom. The topological polar surface area (TPSA) is 12.0 Å². The molecule has 1 heterocycles. The molecule has 2 unspecified atom stereocenters. The normalized spacial score (nSPS) is 32.2. The summed E-state index contributed by atoms with van der Waals surface area (Å²) in [6.07, 6.45) is 6.30. The molecule has 1 N–H and O–H groups in total. The first-order valence-electron chi connectivity index (χ1n) is 4.55. The van der Waals surface area contributed by atoms with E-state index in [2.05, 4.69) is 18.5 Å². The van der Waals surface area contributed by atoms with Crippen LogP contribution in [-0.2, 0) is 0 Å². The number of thioether (sulfide) groups is 1. The molecule has 1 saturated heterocycles. The van der Waals surface area contributed by atoms with Gasteiger partial charge in [-0.1, -0.05) is 6.92 Å². The van der Waals surface area contributed by atoms with Crippen LogP contribution in [0.25, 0.3) is 0 Å². The van der Waals surface area contributed by atoms with E-state index in [1.54, 1.807) is 0 Å². The molecule has 0 aliphatic carbocycles. The second-order valence-corrected chi connectivity index (χ2v) is 4.55. The molecule has 0 aromatic rings. The highest BCUT2D eigenvalue weighted by Crippen LogP contribution is 2.17. The van der Waals surface area contributed by atoms with Crippen LogP contribution in [0, 0.1) is 5.92 Å². The average molecular weight is 173 g/mol. The van der Waals surface area contributed by atoms with Gasteiger partial charge in [0.05, 0.1) is 0 Å². The van der Waals surface area contributed by atoms with Gasteiger partial charge in [-0.15, -0.1) is 0 Å². The monoisotopic (exact) mass is 173 g/mol. The second kappa shape index (κ2) is 5.04. The van der Waals surface area contributed by atoms with Gasteiger partial charge in [0.1, 0.15) is 0 Å². The molecule has 1 fully saturated rings. The summed E-state index contributed by atoms with van der Waals surface area (Å²) in [4.78, 5) is 0. The maximum atomic E-state index is 3.57. The number of nitrogens with one attached hydrogen (secondary N) is 1. The molecule has 2 atom stereocenters. The predicted molar refractivity (Wildman–Crippen MR) is 53.2 cm³/mol. The van der Waals surface area contributed by atoms with E-state index < -0.39 is 0 Å². The van der Waals surface area contributed by atoms with Gasteiger partial charge in [0, 0.05) is 6.04 Å². The number of hydrogen-bond donors (Lipinski definition) is 1. The number of rotatable bonds is 3. The van der Waals surface area contributed by atoms with Crippen LogP contribution in [0.3, 0.4) is 0 Å². The van der Waals surface area contributed by atoms with Crippen molar-refractivity contribution in [3.05, 3.63) is 0 Å². The van der Waals surface area contributed by atoms with Gasteiger partial charge in [-0.2, -0.15) is 11.8 Å². The first-order chi connectivity index (χ1) is 5.33. The predicted octanol–water partition coefficient (Wildman–Crippen LogP) is 2.13. The SMILES string of the molecule is CSCCC1CC(C)CCN1.